The average Bonchev–Trinajstić information content (AvgIpc) is 2.79. The molecule has 108 valence electrons. The zero-order valence-electron chi connectivity index (χ0n) is 10.4. The topological polar surface area (TPSA) is 76.3 Å². The van der Waals surface area contributed by atoms with E-state index < -0.39 is 15.8 Å². The van der Waals surface area contributed by atoms with Crippen LogP contribution in [0.4, 0.5) is 10.1 Å². The summed E-state index contributed by atoms with van der Waals surface area (Å²) in [6, 6.07) is 2.19. The van der Waals surface area contributed by atoms with Crippen LogP contribution < -0.4 is 10.0 Å². The summed E-state index contributed by atoms with van der Waals surface area (Å²) in [5.41, 5.74) is 2.75. The zero-order chi connectivity index (χ0) is 14.9. The van der Waals surface area contributed by atoms with E-state index in [2.05, 4.69) is 20.9 Å². The van der Waals surface area contributed by atoms with Crippen LogP contribution in [0.15, 0.2) is 32.4 Å². The molecular weight excluding hydrogens is 369 g/mol. The van der Waals surface area contributed by atoms with Crippen LogP contribution in [0.1, 0.15) is 5.69 Å². The number of halogens is 2. The number of rotatable bonds is 4. The van der Waals surface area contributed by atoms with Crippen LogP contribution in [0.25, 0.3) is 0 Å². The van der Waals surface area contributed by atoms with Crippen molar-refractivity contribution in [2.75, 3.05) is 11.9 Å². The number of hydrogen-bond acceptors (Lipinski definition) is 5. The van der Waals surface area contributed by atoms with Crippen molar-refractivity contribution in [2.45, 2.75) is 11.4 Å². The highest BCUT2D eigenvalue weighted by Crippen LogP contribution is 2.32. The number of hydrogen-bond donors (Lipinski definition) is 1. The molecule has 0 aliphatic heterocycles. The van der Waals surface area contributed by atoms with E-state index in [9.17, 15) is 12.8 Å². The van der Waals surface area contributed by atoms with Gasteiger partial charge < -0.3 is 4.90 Å². The first-order chi connectivity index (χ1) is 9.29. The normalized spacial score (nSPS) is 11.6. The van der Waals surface area contributed by atoms with Crippen LogP contribution in [0.3, 0.4) is 0 Å². The molecule has 1 heterocycles. The van der Waals surface area contributed by atoms with E-state index in [0.29, 0.717) is 11.0 Å². The van der Waals surface area contributed by atoms with Crippen LogP contribution in [0, 0.1) is 5.82 Å². The smallest absolute Gasteiger partial charge is 0.238 e. The van der Waals surface area contributed by atoms with Crippen LogP contribution >= 0.6 is 27.3 Å². The molecule has 2 rings (SSSR count). The third kappa shape index (κ3) is 3.35. The van der Waals surface area contributed by atoms with Gasteiger partial charge in [0.25, 0.3) is 0 Å². The number of benzene rings is 1. The third-order valence-corrected chi connectivity index (χ3v) is 4.72. The second-order valence-electron chi connectivity index (χ2n) is 4.12. The second kappa shape index (κ2) is 5.76. The molecule has 0 spiro atoms. The first kappa shape index (κ1) is 15.4. The highest BCUT2D eigenvalue weighted by Gasteiger charge is 2.18. The molecule has 0 radical (unpaired) electrons. The van der Waals surface area contributed by atoms with Crippen molar-refractivity contribution >= 4 is 43.0 Å². The Bertz CT molecular complexity index is 696. The van der Waals surface area contributed by atoms with Gasteiger partial charge in [0.15, 0.2) is 0 Å². The van der Waals surface area contributed by atoms with Gasteiger partial charge in [-0.1, -0.05) is 0 Å². The lowest BCUT2D eigenvalue weighted by molar-refractivity contribution is 0.591. The summed E-state index contributed by atoms with van der Waals surface area (Å²) in [7, 11) is -2.25. The molecule has 20 heavy (non-hydrogen) atoms. The third-order valence-electron chi connectivity index (χ3n) is 2.58. The molecule has 0 saturated carbocycles. The maximum atomic E-state index is 14.1. The first-order valence-electron chi connectivity index (χ1n) is 5.39. The minimum atomic E-state index is -3.94. The minimum absolute atomic E-state index is 0.255. The lowest BCUT2D eigenvalue weighted by atomic mass is 10.2. The minimum Gasteiger partial charge on any atom is -0.365 e. The molecule has 0 unspecified atom stereocenters. The summed E-state index contributed by atoms with van der Waals surface area (Å²) in [6.45, 7) is 0.410. The summed E-state index contributed by atoms with van der Waals surface area (Å²) >= 11 is 4.63. The standard InChI is InChI=1S/C11H11BrFN3O2S2/c1-16(4-7-5-19-6-15-7)11-9(12)2-8(3-10(11)13)20(14,17)18/h2-3,5-6H,4H2,1H3,(H2,14,17,18). The van der Waals surface area contributed by atoms with Crippen LogP contribution in [-0.2, 0) is 16.6 Å². The Morgan fingerprint density at radius 1 is 1.50 bits per heavy atom. The molecule has 0 aliphatic carbocycles. The van der Waals surface area contributed by atoms with Gasteiger partial charge in [-0.25, -0.2) is 22.9 Å². The molecule has 5 nitrogen and oxygen atoms in total. The molecule has 1 aromatic carbocycles. The van der Waals surface area contributed by atoms with Gasteiger partial charge in [-0.15, -0.1) is 11.3 Å². The first-order valence-corrected chi connectivity index (χ1v) is 8.67. The summed E-state index contributed by atoms with van der Waals surface area (Å²) in [4.78, 5) is 5.49. The fraction of sp³-hybridized carbons (Fsp3) is 0.182. The quantitative estimate of drug-likeness (QED) is 0.884. The van der Waals surface area contributed by atoms with Gasteiger partial charge in [-0.05, 0) is 28.1 Å². The highest BCUT2D eigenvalue weighted by atomic mass is 79.9. The molecule has 1 aromatic heterocycles. The van der Waals surface area contributed by atoms with E-state index in [1.165, 1.54) is 17.4 Å². The highest BCUT2D eigenvalue weighted by molar-refractivity contribution is 9.10. The number of sulfonamides is 1. The van der Waals surface area contributed by atoms with E-state index in [-0.39, 0.29) is 10.6 Å². The molecule has 9 heteroatoms. The second-order valence-corrected chi connectivity index (χ2v) is 7.25. The number of primary sulfonamides is 1. The Hall–Kier alpha value is -1.03. The van der Waals surface area contributed by atoms with Gasteiger partial charge >= 0.3 is 0 Å². The molecule has 0 aliphatic rings. The van der Waals surface area contributed by atoms with Crippen molar-refractivity contribution in [3.63, 3.8) is 0 Å². The van der Waals surface area contributed by atoms with E-state index in [0.717, 1.165) is 11.8 Å². The monoisotopic (exact) mass is 379 g/mol. The van der Waals surface area contributed by atoms with E-state index in [4.69, 9.17) is 5.14 Å². The Morgan fingerprint density at radius 2 is 2.20 bits per heavy atom. The molecule has 2 aromatic rings. The molecule has 0 saturated heterocycles. The maximum Gasteiger partial charge on any atom is 0.238 e. The Morgan fingerprint density at radius 3 is 2.70 bits per heavy atom. The number of thiazole rings is 1. The van der Waals surface area contributed by atoms with Crippen molar-refractivity contribution in [1.82, 2.24) is 4.98 Å². The lowest BCUT2D eigenvalue weighted by Gasteiger charge is -2.21. The molecule has 0 bridgehead atoms. The van der Waals surface area contributed by atoms with Gasteiger partial charge in [0.05, 0.1) is 28.3 Å². The van der Waals surface area contributed by atoms with Crippen molar-refractivity contribution in [3.05, 3.63) is 39.0 Å². The summed E-state index contributed by atoms with van der Waals surface area (Å²) < 4.78 is 36.9. The van der Waals surface area contributed by atoms with Crippen molar-refractivity contribution in [3.8, 4) is 0 Å². The van der Waals surface area contributed by atoms with Crippen molar-refractivity contribution in [2.24, 2.45) is 5.14 Å². The summed E-state index contributed by atoms with van der Waals surface area (Å²) in [5, 5.41) is 6.86. The Labute approximate surface area is 128 Å². The fourth-order valence-corrected chi connectivity index (χ4v) is 3.70. The van der Waals surface area contributed by atoms with E-state index in [1.807, 2.05) is 5.38 Å². The van der Waals surface area contributed by atoms with Gasteiger partial charge in [-0.3, -0.25) is 0 Å². The molecule has 2 N–H and O–H groups in total. The largest absolute Gasteiger partial charge is 0.365 e. The molecule has 0 amide bonds. The number of nitrogens with zero attached hydrogens (tertiary/aromatic N) is 2. The lowest BCUT2D eigenvalue weighted by Crippen LogP contribution is -2.19. The van der Waals surface area contributed by atoms with Gasteiger partial charge in [-0.2, -0.15) is 0 Å². The van der Waals surface area contributed by atoms with Gasteiger partial charge in [0.2, 0.25) is 10.0 Å². The fourth-order valence-electron chi connectivity index (χ4n) is 1.71. The number of aromatic nitrogens is 1. The van der Waals surface area contributed by atoms with Gasteiger partial charge in [0.1, 0.15) is 5.82 Å². The average molecular weight is 380 g/mol. The summed E-state index contributed by atoms with van der Waals surface area (Å²) in [6.07, 6.45) is 0. The van der Waals surface area contributed by atoms with Crippen molar-refractivity contribution in [1.29, 1.82) is 0 Å². The Kier molecular flexibility index (Phi) is 4.43. The SMILES string of the molecule is CN(Cc1cscn1)c1c(F)cc(S(N)(=O)=O)cc1Br. The predicted octanol–water partition coefficient (Wildman–Crippen LogP) is 2.33. The maximum absolute atomic E-state index is 14.1. The number of anilines is 1. The zero-order valence-corrected chi connectivity index (χ0v) is 13.6. The predicted molar refractivity (Wildman–Crippen MR) is 79.7 cm³/mol. The molecule has 0 fully saturated rings. The van der Waals surface area contributed by atoms with Crippen molar-refractivity contribution < 1.29 is 12.8 Å². The van der Waals surface area contributed by atoms with Gasteiger partial charge in [0, 0.05) is 16.9 Å². The molecule has 0 atom stereocenters. The number of nitrogens with two attached hydrogens (primary N) is 1. The van der Waals surface area contributed by atoms with Crippen LogP contribution in [0.2, 0.25) is 0 Å². The van der Waals surface area contributed by atoms with E-state index >= 15 is 0 Å². The Balaban J connectivity index is 2.37. The summed E-state index contributed by atoms with van der Waals surface area (Å²) in [5.74, 6) is -0.666. The molecular formula is C11H11BrFN3O2S2. The van der Waals surface area contributed by atoms with Crippen LogP contribution in [0.5, 0.6) is 0 Å². The van der Waals surface area contributed by atoms with E-state index in [1.54, 1.807) is 17.5 Å². The van der Waals surface area contributed by atoms with Crippen LogP contribution in [-0.4, -0.2) is 20.4 Å².